The summed E-state index contributed by atoms with van der Waals surface area (Å²) in [4.78, 5) is 2.00. The smallest absolute Gasteiger partial charge is 0.137 e. The lowest BCUT2D eigenvalue weighted by Gasteiger charge is -2.33. The Bertz CT molecular complexity index is 462. The van der Waals surface area contributed by atoms with Crippen LogP contribution in [0.25, 0.3) is 0 Å². The largest absolute Gasteiger partial charge is 0.493 e. The maximum absolute atomic E-state index is 9.63. The van der Waals surface area contributed by atoms with Gasteiger partial charge in [0.25, 0.3) is 0 Å². The maximum atomic E-state index is 9.63. The van der Waals surface area contributed by atoms with Gasteiger partial charge in [-0.3, -0.25) is 4.90 Å². The highest BCUT2D eigenvalue weighted by Crippen LogP contribution is 2.39. The van der Waals surface area contributed by atoms with Gasteiger partial charge in [0, 0.05) is 5.56 Å². The van der Waals surface area contributed by atoms with Crippen LogP contribution in [0.4, 0.5) is 0 Å². The molecule has 0 spiro atoms. The van der Waals surface area contributed by atoms with Crippen LogP contribution in [0.5, 0.6) is 5.75 Å². The van der Waals surface area contributed by atoms with Gasteiger partial charge in [0.15, 0.2) is 0 Å². The van der Waals surface area contributed by atoms with Crippen molar-refractivity contribution in [1.29, 1.82) is 5.26 Å². The topological polar surface area (TPSA) is 36.3 Å². The number of nitrogens with zero attached hydrogens (tertiary/aromatic N) is 2. The molecule has 0 fully saturated rings. The first-order chi connectivity index (χ1) is 8.10. The number of aryl methyl sites for hydroxylation is 1. The molecule has 0 saturated heterocycles. The SMILES string of the molecule is Cc1ccc2c(c1)C(C#N)(N(C)C)CCCO2. The second-order valence-electron chi connectivity index (χ2n) is 4.82. The van der Waals surface area contributed by atoms with Gasteiger partial charge in [-0.15, -0.1) is 0 Å². The summed E-state index contributed by atoms with van der Waals surface area (Å²) < 4.78 is 5.73. The number of benzene rings is 1. The van der Waals surface area contributed by atoms with Crippen LogP contribution < -0.4 is 4.74 Å². The third-order valence-corrected chi connectivity index (χ3v) is 3.47. The molecule has 1 aromatic carbocycles. The predicted octanol–water partition coefficient (Wildman–Crippen LogP) is 2.45. The molecule has 90 valence electrons. The summed E-state index contributed by atoms with van der Waals surface area (Å²) in [7, 11) is 3.92. The zero-order valence-corrected chi connectivity index (χ0v) is 10.7. The number of fused-ring (bicyclic) bond motifs is 1. The average Bonchev–Trinajstić information content (AvgIpc) is 2.48. The molecule has 0 aliphatic carbocycles. The van der Waals surface area contributed by atoms with E-state index >= 15 is 0 Å². The lowest BCUT2D eigenvalue weighted by molar-refractivity contribution is 0.202. The second kappa shape index (κ2) is 4.38. The molecule has 0 N–H and O–H groups in total. The van der Waals surface area contributed by atoms with E-state index in [0.717, 1.165) is 29.7 Å². The van der Waals surface area contributed by atoms with Crippen LogP contribution in [0.1, 0.15) is 24.0 Å². The second-order valence-corrected chi connectivity index (χ2v) is 4.82. The number of ether oxygens (including phenoxy) is 1. The molecule has 3 nitrogen and oxygen atoms in total. The van der Waals surface area contributed by atoms with E-state index in [9.17, 15) is 5.26 Å². The lowest BCUT2D eigenvalue weighted by Crippen LogP contribution is -2.39. The van der Waals surface area contributed by atoms with Crippen LogP contribution in [0.15, 0.2) is 18.2 Å². The Labute approximate surface area is 103 Å². The molecule has 0 amide bonds. The fraction of sp³-hybridized carbons (Fsp3) is 0.500. The van der Waals surface area contributed by atoms with E-state index in [1.807, 2.05) is 38.1 Å². The standard InChI is InChI=1S/C14H18N2O/c1-11-5-6-13-12(9-11)14(10-15,16(2)3)7-4-8-17-13/h5-6,9H,4,7-8H2,1-3H3. The summed E-state index contributed by atoms with van der Waals surface area (Å²) in [6.07, 6.45) is 1.71. The van der Waals surface area contributed by atoms with E-state index in [4.69, 9.17) is 4.74 Å². The fourth-order valence-corrected chi connectivity index (χ4v) is 2.42. The molecule has 1 aliphatic rings. The van der Waals surface area contributed by atoms with Crippen LogP contribution in [0.2, 0.25) is 0 Å². The van der Waals surface area contributed by atoms with Gasteiger partial charge in [0.05, 0.1) is 12.7 Å². The minimum absolute atomic E-state index is 0.558. The van der Waals surface area contributed by atoms with E-state index in [0.29, 0.717) is 6.61 Å². The van der Waals surface area contributed by atoms with Crippen molar-refractivity contribution < 1.29 is 4.74 Å². The molecule has 1 unspecified atom stereocenters. The van der Waals surface area contributed by atoms with Crippen molar-refractivity contribution in [3.8, 4) is 11.8 Å². The van der Waals surface area contributed by atoms with Crippen molar-refractivity contribution in [2.75, 3.05) is 20.7 Å². The maximum Gasteiger partial charge on any atom is 0.137 e. The molecular weight excluding hydrogens is 212 g/mol. The molecule has 0 aromatic heterocycles. The molecule has 2 rings (SSSR count). The Hall–Kier alpha value is -1.53. The Morgan fingerprint density at radius 2 is 2.18 bits per heavy atom. The van der Waals surface area contributed by atoms with Gasteiger partial charge >= 0.3 is 0 Å². The summed E-state index contributed by atoms with van der Waals surface area (Å²) in [5.74, 6) is 0.850. The molecule has 1 aromatic rings. The normalized spacial score (nSPS) is 23.5. The molecule has 0 saturated carbocycles. The summed E-state index contributed by atoms with van der Waals surface area (Å²) in [5, 5.41) is 9.63. The zero-order valence-electron chi connectivity index (χ0n) is 10.7. The molecule has 3 heteroatoms. The Morgan fingerprint density at radius 1 is 1.41 bits per heavy atom. The third kappa shape index (κ3) is 1.89. The first-order valence-corrected chi connectivity index (χ1v) is 5.93. The van der Waals surface area contributed by atoms with E-state index < -0.39 is 5.54 Å². The highest BCUT2D eigenvalue weighted by molar-refractivity contribution is 5.46. The molecule has 17 heavy (non-hydrogen) atoms. The molecule has 0 bridgehead atoms. The first-order valence-electron chi connectivity index (χ1n) is 5.93. The van der Waals surface area contributed by atoms with Crippen molar-refractivity contribution in [1.82, 2.24) is 4.90 Å². The third-order valence-electron chi connectivity index (χ3n) is 3.47. The van der Waals surface area contributed by atoms with Gasteiger partial charge < -0.3 is 4.74 Å². The lowest BCUT2D eigenvalue weighted by atomic mass is 9.85. The number of rotatable bonds is 1. The van der Waals surface area contributed by atoms with Crippen molar-refractivity contribution in [3.63, 3.8) is 0 Å². The van der Waals surface area contributed by atoms with Gasteiger partial charge in [0.1, 0.15) is 11.3 Å². The van der Waals surface area contributed by atoms with Gasteiger partial charge in [-0.1, -0.05) is 11.6 Å². The molecule has 1 heterocycles. The zero-order chi connectivity index (χ0) is 12.5. The minimum Gasteiger partial charge on any atom is -0.493 e. The first kappa shape index (κ1) is 11.9. The molecule has 1 atom stereocenters. The Balaban J connectivity index is 2.64. The Morgan fingerprint density at radius 3 is 2.82 bits per heavy atom. The van der Waals surface area contributed by atoms with Crippen LogP contribution >= 0.6 is 0 Å². The van der Waals surface area contributed by atoms with Gasteiger partial charge in [-0.05, 0) is 46.0 Å². The predicted molar refractivity (Wildman–Crippen MR) is 66.9 cm³/mol. The summed E-state index contributed by atoms with van der Waals surface area (Å²) in [6.45, 7) is 2.73. The Kier molecular flexibility index (Phi) is 3.08. The van der Waals surface area contributed by atoms with E-state index in [1.54, 1.807) is 0 Å². The van der Waals surface area contributed by atoms with Crippen LogP contribution in [0.3, 0.4) is 0 Å². The van der Waals surface area contributed by atoms with Crippen molar-refractivity contribution >= 4 is 0 Å². The highest BCUT2D eigenvalue weighted by atomic mass is 16.5. The van der Waals surface area contributed by atoms with Crippen LogP contribution in [-0.4, -0.2) is 25.6 Å². The number of hydrogen-bond acceptors (Lipinski definition) is 3. The molecule has 1 aliphatic heterocycles. The number of hydrogen-bond donors (Lipinski definition) is 0. The average molecular weight is 230 g/mol. The summed E-state index contributed by atoms with van der Waals surface area (Å²) in [6, 6.07) is 8.57. The highest BCUT2D eigenvalue weighted by Gasteiger charge is 2.38. The summed E-state index contributed by atoms with van der Waals surface area (Å²) in [5.41, 5.74) is 1.61. The van der Waals surface area contributed by atoms with E-state index in [1.165, 1.54) is 0 Å². The molecular formula is C14H18N2O. The van der Waals surface area contributed by atoms with E-state index in [-0.39, 0.29) is 0 Å². The molecule has 0 radical (unpaired) electrons. The monoisotopic (exact) mass is 230 g/mol. The number of nitriles is 1. The minimum atomic E-state index is -0.558. The van der Waals surface area contributed by atoms with Crippen molar-refractivity contribution in [3.05, 3.63) is 29.3 Å². The van der Waals surface area contributed by atoms with Crippen LogP contribution in [0, 0.1) is 18.3 Å². The van der Waals surface area contributed by atoms with Gasteiger partial charge in [-0.25, -0.2) is 0 Å². The van der Waals surface area contributed by atoms with Crippen molar-refractivity contribution in [2.24, 2.45) is 0 Å². The fourth-order valence-electron chi connectivity index (χ4n) is 2.42. The van der Waals surface area contributed by atoms with Crippen LogP contribution in [-0.2, 0) is 5.54 Å². The van der Waals surface area contributed by atoms with Gasteiger partial charge in [-0.2, -0.15) is 5.26 Å². The summed E-state index contributed by atoms with van der Waals surface area (Å²) >= 11 is 0. The van der Waals surface area contributed by atoms with Crippen molar-refractivity contribution in [2.45, 2.75) is 25.3 Å². The van der Waals surface area contributed by atoms with Gasteiger partial charge in [0.2, 0.25) is 0 Å². The van der Waals surface area contributed by atoms with E-state index in [2.05, 4.69) is 12.1 Å². The quantitative estimate of drug-likeness (QED) is 0.743.